The number of imidazole rings is 1. The van der Waals surface area contributed by atoms with Crippen LogP contribution in [0.3, 0.4) is 0 Å². The highest BCUT2D eigenvalue weighted by molar-refractivity contribution is 5.93. The number of aromatic amines is 1. The van der Waals surface area contributed by atoms with Gasteiger partial charge in [0.15, 0.2) is 16.9 Å². The predicted molar refractivity (Wildman–Crippen MR) is 124 cm³/mol. The van der Waals surface area contributed by atoms with Crippen LogP contribution in [0.1, 0.15) is 10.5 Å². The zero-order valence-corrected chi connectivity index (χ0v) is 17.5. The van der Waals surface area contributed by atoms with Crippen molar-refractivity contribution in [2.75, 3.05) is 12.3 Å². The van der Waals surface area contributed by atoms with Gasteiger partial charge in [-0.1, -0.05) is 48.5 Å². The smallest absolute Gasteiger partial charge is 0.280 e. The molecule has 3 aromatic heterocycles. The van der Waals surface area contributed by atoms with Crippen LogP contribution in [0.5, 0.6) is 0 Å². The SMILES string of the molecule is Nc1nc2c(ncn2CCNC(=O)c2cc(-c3ccccc3)n(-c3ccccc3)n2)c(=O)[nH]1. The molecule has 0 aliphatic carbocycles. The van der Waals surface area contributed by atoms with Gasteiger partial charge in [0.25, 0.3) is 11.5 Å². The topological polar surface area (TPSA) is 137 Å². The summed E-state index contributed by atoms with van der Waals surface area (Å²) in [5.41, 5.74) is 8.71. The molecule has 33 heavy (non-hydrogen) atoms. The lowest BCUT2D eigenvalue weighted by molar-refractivity contribution is 0.0947. The van der Waals surface area contributed by atoms with Gasteiger partial charge in [0.2, 0.25) is 5.95 Å². The number of fused-ring (bicyclic) bond motifs is 1. The summed E-state index contributed by atoms with van der Waals surface area (Å²) in [5, 5.41) is 7.42. The second-order valence-corrected chi connectivity index (χ2v) is 7.35. The van der Waals surface area contributed by atoms with Crippen molar-refractivity contribution in [2.24, 2.45) is 0 Å². The molecule has 3 heterocycles. The van der Waals surface area contributed by atoms with Crippen molar-refractivity contribution in [2.45, 2.75) is 6.54 Å². The number of benzene rings is 2. The van der Waals surface area contributed by atoms with Gasteiger partial charge in [-0.25, -0.2) is 9.67 Å². The third-order valence-electron chi connectivity index (χ3n) is 5.14. The zero-order chi connectivity index (χ0) is 22.8. The molecule has 0 aliphatic heterocycles. The lowest BCUT2D eigenvalue weighted by Gasteiger charge is -2.07. The van der Waals surface area contributed by atoms with Crippen LogP contribution in [0.4, 0.5) is 5.95 Å². The Bertz CT molecular complexity index is 1430. The Balaban J connectivity index is 1.37. The number of anilines is 1. The fourth-order valence-corrected chi connectivity index (χ4v) is 3.59. The molecule has 10 nitrogen and oxygen atoms in total. The van der Waals surface area contributed by atoms with E-state index in [2.05, 4.69) is 25.4 Å². The van der Waals surface area contributed by atoms with Gasteiger partial charge in [0.1, 0.15) is 0 Å². The van der Waals surface area contributed by atoms with Crippen molar-refractivity contribution in [1.82, 2.24) is 34.6 Å². The molecule has 4 N–H and O–H groups in total. The van der Waals surface area contributed by atoms with Crippen molar-refractivity contribution in [3.8, 4) is 16.9 Å². The Morgan fingerprint density at radius 2 is 1.79 bits per heavy atom. The molecule has 0 bridgehead atoms. The number of nitrogen functional groups attached to an aromatic ring is 1. The highest BCUT2D eigenvalue weighted by Crippen LogP contribution is 2.24. The van der Waals surface area contributed by atoms with E-state index in [4.69, 9.17) is 5.73 Å². The van der Waals surface area contributed by atoms with Crippen molar-refractivity contribution >= 4 is 23.0 Å². The van der Waals surface area contributed by atoms with E-state index in [9.17, 15) is 9.59 Å². The molecule has 0 atom stereocenters. The first-order valence-corrected chi connectivity index (χ1v) is 10.3. The Kier molecular flexibility index (Phi) is 5.15. The van der Waals surface area contributed by atoms with Crippen molar-refractivity contribution in [3.05, 3.63) is 89.1 Å². The predicted octanol–water partition coefficient (Wildman–Crippen LogP) is 1.98. The van der Waals surface area contributed by atoms with Gasteiger partial charge in [0, 0.05) is 18.7 Å². The van der Waals surface area contributed by atoms with Gasteiger partial charge in [-0.2, -0.15) is 10.1 Å². The summed E-state index contributed by atoms with van der Waals surface area (Å²) in [5.74, 6) is -0.296. The van der Waals surface area contributed by atoms with Gasteiger partial charge in [0.05, 0.1) is 17.7 Å². The second-order valence-electron chi connectivity index (χ2n) is 7.35. The maximum absolute atomic E-state index is 12.9. The third kappa shape index (κ3) is 3.97. The zero-order valence-electron chi connectivity index (χ0n) is 17.5. The number of nitrogens with zero attached hydrogens (tertiary/aromatic N) is 5. The summed E-state index contributed by atoms with van der Waals surface area (Å²) >= 11 is 0. The van der Waals surface area contributed by atoms with Gasteiger partial charge >= 0.3 is 0 Å². The molecule has 10 heteroatoms. The Morgan fingerprint density at radius 1 is 1.06 bits per heavy atom. The quantitative estimate of drug-likeness (QED) is 0.369. The van der Waals surface area contributed by atoms with Gasteiger partial charge in [-0.3, -0.25) is 14.6 Å². The maximum atomic E-state index is 12.9. The van der Waals surface area contributed by atoms with Crippen LogP contribution in [0.15, 0.2) is 77.9 Å². The average Bonchev–Trinajstić information content (AvgIpc) is 3.45. The fraction of sp³-hybridized carbons (Fsp3) is 0.0870. The van der Waals surface area contributed by atoms with Crippen LogP contribution in [0.2, 0.25) is 0 Å². The standard InChI is InChI=1S/C23H20N8O2/c24-23-27-20-19(22(33)28-23)26-14-30(20)12-11-25-21(32)17-13-18(15-7-3-1-4-8-15)31(29-17)16-9-5-2-6-10-16/h1-10,13-14H,11-12H2,(H,25,32)(H3,24,27,28,33). The molecule has 0 aliphatic rings. The second kappa shape index (κ2) is 8.42. The van der Waals surface area contributed by atoms with Gasteiger partial charge in [-0.05, 0) is 18.2 Å². The number of carbonyl (C=O) groups is 1. The Labute approximate surface area is 187 Å². The van der Waals surface area contributed by atoms with Crippen molar-refractivity contribution in [3.63, 3.8) is 0 Å². The summed E-state index contributed by atoms with van der Waals surface area (Å²) in [6.45, 7) is 0.653. The normalized spacial score (nSPS) is 11.0. The third-order valence-corrected chi connectivity index (χ3v) is 5.14. The first kappa shape index (κ1) is 20.2. The summed E-state index contributed by atoms with van der Waals surface area (Å²) < 4.78 is 3.42. The van der Waals surface area contributed by atoms with Crippen LogP contribution >= 0.6 is 0 Å². The molecule has 5 aromatic rings. The largest absolute Gasteiger partial charge is 0.369 e. The molecule has 164 valence electrons. The molecular formula is C23H20N8O2. The number of H-pyrrole nitrogens is 1. The highest BCUT2D eigenvalue weighted by Gasteiger charge is 2.17. The molecule has 0 spiro atoms. The average molecular weight is 440 g/mol. The summed E-state index contributed by atoms with van der Waals surface area (Å²) in [6, 6.07) is 21.2. The van der Waals surface area contributed by atoms with Crippen LogP contribution in [-0.2, 0) is 6.54 Å². The number of aromatic nitrogens is 6. The molecule has 0 saturated carbocycles. The van der Waals surface area contributed by atoms with Crippen LogP contribution in [-0.4, -0.2) is 41.8 Å². The fourth-order valence-electron chi connectivity index (χ4n) is 3.59. The van der Waals surface area contributed by atoms with E-state index in [1.807, 2.05) is 60.7 Å². The van der Waals surface area contributed by atoms with Crippen LogP contribution in [0, 0.1) is 0 Å². The number of nitrogens with one attached hydrogen (secondary N) is 2. The van der Waals surface area contributed by atoms with E-state index in [0.29, 0.717) is 17.9 Å². The summed E-state index contributed by atoms with van der Waals surface area (Å²) in [7, 11) is 0. The molecular weight excluding hydrogens is 420 g/mol. The number of rotatable bonds is 6. The molecule has 5 rings (SSSR count). The monoisotopic (exact) mass is 440 g/mol. The minimum absolute atomic E-state index is 0.0122. The number of para-hydroxylation sites is 1. The lowest BCUT2D eigenvalue weighted by Crippen LogP contribution is -2.27. The molecule has 0 radical (unpaired) electrons. The molecule has 0 saturated heterocycles. The van der Waals surface area contributed by atoms with E-state index in [1.165, 1.54) is 6.33 Å². The number of hydrogen-bond acceptors (Lipinski definition) is 6. The highest BCUT2D eigenvalue weighted by atomic mass is 16.2. The number of hydrogen-bond donors (Lipinski definition) is 3. The van der Waals surface area contributed by atoms with Crippen LogP contribution in [0.25, 0.3) is 28.1 Å². The summed E-state index contributed by atoms with van der Waals surface area (Å²) in [4.78, 5) is 35.4. The van der Waals surface area contributed by atoms with Gasteiger partial charge in [-0.15, -0.1) is 0 Å². The maximum Gasteiger partial charge on any atom is 0.280 e. The lowest BCUT2D eigenvalue weighted by atomic mass is 10.1. The van der Waals surface area contributed by atoms with Crippen molar-refractivity contribution < 1.29 is 4.79 Å². The van der Waals surface area contributed by atoms with E-state index >= 15 is 0 Å². The molecule has 0 fully saturated rings. The molecule has 0 unspecified atom stereocenters. The van der Waals surface area contributed by atoms with Gasteiger partial charge < -0.3 is 15.6 Å². The first-order chi connectivity index (χ1) is 16.1. The van der Waals surface area contributed by atoms with E-state index in [1.54, 1.807) is 15.3 Å². The van der Waals surface area contributed by atoms with Crippen LogP contribution < -0.4 is 16.6 Å². The first-order valence-electron chi connectivity index (χ1n) is 10.3. The van der Waals surface area contributed by atoms with E-state index < -0.39 is 5.56 Å². The minimum Gasteiger partial charge on any atom is -0.369 e. The van der Waals surface area contributed by atoms with E-state index in [0.717, 1.165) is 16.9 Å². The molecule has 2 aromatic carbocycles. The minimum atomic E-state index is -0.403. The molecule has 1 amide bonds. The number of nitrogens with two attached hydrogens (primary N) is 1. The number of amides is 1. The van der Waals surface area contributed by atoms with Crippen molar-refractivity contribution in [1.29, 1.82) is 0 Å². The van der Waals surface area contributed by atoms with E-state index in [-0.39, 0.29) is 23.9 Å². The number of carbonyl (C=O) groups excluding carboxylic acids is 1. The Morgan fingerprint density at radius 3 is 2.55 bits per heavy atom. The summed E-state index contributed by atoms with van der Waals surface area (Å²) in [6.07, 6.45) is 1.50. The Hall–Kier alpha value is -4.73.